The molecule has 0 aliphatic heterocycles. The number of anilines is 1. The smallest absolute Gasteiger partial charge is 0.182 e. The molecule has 5 nitrogen and oxygen atoms in total. The van der Waals surface area contributed by atoms with E-state index in [1.165, 1.54) is 6.42 Å². The average Bonchev–Trinajstić information content (AvgIpc) is 3.01. The topological polar surface area (TPSA) is 69.6 Å². The Morgan fingerprint density at radius 2 is 2.05 bits per heavy atom. The fourth-order valence-electron chi connectivity index (χ4n) is 3.17. The Balaban J connectivity index is 2.05. The molecule has 3 unspecified atom stereocenters. The Labute approximate surface area is 119 Å². The number of nitrogen functional groups attached to an aromatic ring is 1. The van der Waals surface area contributed by atoms with E-state index < -0.39 is 0 Å². The van der Waals surface area contributed by atoms with Crippen LogP contribution in [-0.2, 0) is 0 Å². The molecule has 1 aromatic heterocycles. The number of benzene rings is 1. The van der Waals surface area contributed by atoms with Gasteiger partial charge >= 0.3 is 0 Å². The van der Waals surface area contributed by atoms with Crippen molar-refractivity contribution in [1.82, 2.24) is 20.2 Å². The van der Waals surface area contributed by atoms with Crippen LogP contribution in [0.15, 0.2) is 18.2 Å². The molecule has 20 heavy (non-hydrogen) atoms. The van der Waals surface area contributed by atoms with Crippen LogP contribution in [0.1, 0.15) is 38.3 Å². The molecule has 0 saturated heterocycles. The van der Waals surface area contributed by atoms with Crippen LogP contribution in [0.5, 0.6) is 0 Å². The minimum atomic E-state index is 0.385. The molecule has 0 radical (unpaired) electrons. The first-order valence-electron chi connectivity index (χ1n) is 7.23. The third kappa shape index (κ3) is 1.97. The molecule has 1 saturated carbocycles. The van der Waals surface area contributed by atoms with E-state index in [1.54, 1.807) is 0 Å². The van der Waals surface area contributed by atoms with Gasteiger partial charge in [-0.2, -0.15) is 0 Å². The summed E-state index contributed by atoms with van der Waals surface area (Å²) >= 11 is 0. The van der Waals surface area contributed by atoms with E-state index in [0.29, 0.717) is 12.0 Å². The molecule has 3 rings (SSSR count). The van der Waals surface area contributed by atoms with E-state index in [4.69, 9.17) is 5.73 Å². The molecule has 106 valence electrons. The molecule has 1 aromatic carbocycles. The van der Waals surface area contributed by atoms with E-state index in [1.807, 2.05) is 29.8 Å². The standard InChI is InChI=1S/C15H21N5/c1-9-7-8-14(10(9)2)20-15(17-18-19-20)12-5-4-6-13(16)11(12)3/h4-6,9-10,14H,7-8,16H2,1-3H3. The molecule has 2 N–H and O–H groups in total. The van der Waals surface area contributed by atoms with E-state index in [2.05, 4.69) is 29.4 Å². The van der Waals surface area contributed by atoms with Gasteiger partial charge in [0.1, 0.15) is 0 Å². The number of rotatable bonds is 2. The molecule has 1 heterocycles. The van der Waals surface area contributed by atoms with Gasteiger partial charge in [0.15, 0.2) is 5.82 Å². The van der Waals surface area contributed by atoms with E-state index in [9.17, 15) is 0 Å². The van der Waals surface area contributed by atoms with E-state index >= 15 is 0 Å². The van der Waals surface area contributed by atoms with Crippen molar-refractivity contribution in [1.29, 1.82) is 0 Å². The van der Waals surface area contributed by atoms with Crippen LogP contribution in [0.25, 0.3) is 11.4 Å². The molecular weight excluding hydrogens is 250 g/mol. The number of aromatic nitrogens is 4. The van der Waals surface area contributed by atoms with Crippen molar-refractivity contribution in [2.75, 3.05) is 5.73 Å². The molecule has 3 atom stereocenters. The summed E-state index contributed by atoms with van der Waals surface area (Å²) in [6, 6.07) is 6.29. The summed E-state index contributed by atoms with van der Waals surface area (Å²) in [5.74, 6) is 2.15. The van der Waals surface area contributed by atoms with Crippen molar-refractivity contribution in [2.45, 2.75) is 39.7 Å². The minimum Gasteiger partial charge on any atom is -0.398 e. The van der Waals surface area contributed by atoms with Crippen molar-refractivity contribution in [3.63, 3.8) is 0 Å². The Morgan fingerprint density at radius 3 is 2.75 bits per heavy atom. The second kappa shape index (κ2) is 4.89. The van der Waals surface area contributed by atoms with Crippen molar-refractivity contribution >= 4 is 5.69 Å². The number of nitrogens with two attached hydrogens (primary N) is 1. The highest BCUT2D eigenvalue weighted by Crippen LogP contribution is 2.41. The molecule has 1 aliphatic rings. The summed E-state index contributed by atoms with van der Waals surface area (Å²) < 4.78 is 2.00. The van der Waals surface area contributed by atoms with E-state index in [-0.39, 0.29) is 0 Å². The quantitative estimate of drug-likeness (QED) is 0.853. The summed E-state index contributed by atoms with van der Waals surface area (Å²) in [6.07, 6.45) is 2.38. The van der Waals surface area contributed by atoms with Gasteiger partial charge in [0.05, 0.1) is 6.04 Å². The van der Waals surface area contributed by atoms with Crippen LogP contribution in [-0.4, -0.2) is 20.2 Å². The summed E-state index contributed by atoms with van der Waals surface area (Å²) in [5.41, 5.74) is 8.86. The lowest BCUT2D eigenvalue weighted by molar-refractivity contribution is 0.328. The Hall–Kier alpha value is -1.91. The Kier molecular flexibility index (Phi) is 3.20. The zero-order valence-corrected chi connectivity index (χ0v) is 12.2. The maximum Gasteiger partial charge on any atom is 0.182 e. The molecule has 0 bridgehead atoms. The second-order valence-electron chi connectivity index (χ2n) is 5.95. The maximum atomic E-state index is 6.00. The predicted octanol–water partition coefficient (Wildman–Crippen LogP) is 2.84. The van der Waals surface area contributed by atoms with Gasteiger partial charge in [0.2, 0.25) is 0 Å². The minimum absolute atomic E-state index is 0.385. The lowest BCUT2D eigenvalue weighted by Gasteiger charge is -2.19. The van der Waals surface area contributed by atoms with Crippen LogP contribution in [0.4, 0.5) is 5.69 Å². The second-order valence-corrected chi connectivity index (χ2v) is 5.95. The first-order chi connectivity index (χ1) is 9.59. The van der Waals surface area contributed by atoms with Gasteiger partial charge in [-0.15, -0.1) is 5.10 Å². The highest BCUT2D eigenvalue weighted by Gasteiger charge is 2.33. The molecule has 5 heteroatoms. The molecule has 1 fully saturated rings. The summed E-state index contributed by atoms with van der Waals surface area (Å²) in [5, 5.41) is 12.4. The third-order valence-electron chi connectivity index (χ3n) is 4.85. The Morgan fingerprint density at radius 1 is 1.25 bits per heavy atom. The van der Waals surface area contributed by atoms with Gasteiger partial charge in [-0.3, -0.25) is 0 Å². The maximum absolute atomic E-state index is 6.00. The van der Waals surface area contributed by atoms with Crippen molar-refractivity contribution in [3.05, 3.63) is 23.8 Å². The van der Waals surface area contributed by atoms with E-state index in [0.717, 1.165) is 35.0 Å². The summed E-state index contributed by atoms with van der Waals surface area (Å²) in [7, 11) is 0. The number of hydrogen-bond acceptors (Lipinski definition) is 4. The Bertz CT molecular complexity index is 618. The van der Waals surface area contributed by atoms with Gasteiger partial charge in [0.25, 0.3) is 0 Å². The zero-order valence-electron chi connectivity index (χ0n) is 12.2. The number of tetrazole rings is 1. The van der Waals surface area contributed by atoms with Crippen molar-refractivity contribution in [3.8, 4) is 11.4 Å². The SMILES string of the molecule is Cc1c(N)cccc1-c1nnnn1C1CCC(C)C1C. The molecule has 1 aliphatic carbocycles. The monoisotopic (exact) mass is 271 g/mol. The van der Waals surface area contributed by atoms with Crippen LogP contribution in [0, 0.1) is 18.8 Å². The van der Waals surface area contributed by atoms with Gasteiger partial charge in [-0.05, 0) is 53.7 Å². The summed E-state index contributed by atoms with van der Waals surface area (Å²) in [6.45, 7) is 6.62. The highest BCUT2D eigenvalue weighted by molar-refractivity contribution is 5.67. The zero-order chi connectivity index (χ0) is 14.3. The van der Waals surface area contributed by atoms with Crippen molar-refractivity contribution in [2.24, 2.45) is 11.8 Å². The lowest BCUT2D eigenvalue weighted by Crippen LogP contribution is -2.17. The highest BCUT2D eigenvalue weighted by atomic mass is 15.6. The normalized spacial score (nSPS) is 26.1. The van der Waals surface area contributed by atoms with Crippen LogP contribution in [0.3, 0.4) is 0 Å². The fourth-order valence-corrected chi connectivity index (χ4v) is 3.17. The van der Waals surface area contributed by atoms with Gasteiger partial charge < -0.3 is 5.73 Å². The average molecular weight is 271 g/mol. The van der Waals surface area contributed by atoms with Crippen LogP contribution < -0.4 is 5.73 Å². The largest absolute Gasteiger partial charge is 0.398 e. The number of nitrogens with zero attached hydrogens (tertiary/aromatic N) is 4. The first-order valence-corrected chi connectivity index (χ1v) is 7.23. The molecular formula is C15H21N5. The number of hydrogen-bond donors (Lipinski definition) is 1. The lowest BCUT2D eigenvalue weighted by atomic mass is 9.97. The molecule has 2 aromatic rings. The predicted molar refractivity (Wildman–Crippen MR) is 79.0 cm³/mol. The third-order valence-corrected chi connectivity index (χ3v) is 4.85. The fraction of sp³-hybridized carbons (Fsp3) is 0.533. The van der Waals surface area contributed by atoms with Crippen LogP contribution >= 0.6 is 0 Å². The van der Waals surface area contributed by atoms with Gasteiger partial charge in [-0.25, -0.2) is 4.68 Å². The van der Waals surface area contributed by atoms with Gasteiger partial charge in [-0.1, -0.05) is 26.0 Å². The van der Waals surface area contributed by atoms with Crippen molar-refractivity contribution < 1.29 is 0 Å². The molecule has 0 amide bonds. The molecule has 0 spiro atoms. The van der Waals surface area contributed by atoms with Gasteiger partial charge in [0, 0.05) is 11.3 Å². The summed E-state index contributed by atoms with van der Waals surface area (Å²) in [4.78, 5) is 0. The first kappa shape index (κ1) is 13.1. The van der Waals surface area contributed by atoms with Crippen LogP contribution in [0.2, 0.25) is 0 Å².